The molecule has 162 valence electrons. The van der Waals surface area contributed by atoms with Gasteiger partial charge in [0.15, 0.2) is 0 Å². The number of aliphatic hydroxyl groups is 1. The Balaban J connectivity index is 1.81. The van der Waals surface area contributed by atoms with E-state index < -0.39 is 23.5 Å². The molecule has 7 heteroatoms. The van der Waals surface area contributed by atoms with Gasteiger partial charge in [-0.2, -0.15) is 0 Å². The van der Waals surface area contributed by atoms with E-state index in [0.29, 0.717) is 30.6 Å². The summed E-state index contributed by atoms with van der Waals surface area (Å²) in [5.74, 6) is -1.30. The lowest BCUT2D eigenvalue weighted by Gasteiger charge is -2.26. The predicted molar refractivity (Wildman–Crippen MR) is 114 cm³/mol. The highest BCUT2D eigenvalue weighted by atomic mass is 19.1. The van der Waals surface area contributed by atoms with Gasteiger partial charge in [-0.3, -0.25) is 9.59 Å². The second-order valence-corrected chi connectivity index (χ2v) is 8.30. The number of carbonyl (C=O) groups is 2. The number of carbonyl (C=O) groups excluding carboxylic acids is 2. The number of nitrogens with zero attached hydrogens (tertiary/aromatic N) is 2. The van der Waals surface area contributed by atoms with Crippen molar-refractivity contribution in [1.29, 1.82) is 0 Å². The lowest BCUT2D eigenvalue weighted by molar-refractivity contribution is -0.140. The summed E-state index contributed by atoms with van der Waals surface area (Å²) in [4.78, 5) is 29.2. The normalized spacial score (nSPS) is 22.2. The number of aliphatic hydroxyl groups excluding tert-OH is 1. The van der Waals surface area contributed by atoms with Crippen LogP contribution in [0.4, 0.5) is 4.39 Å². The third kappa shape index (κ3) is 3.93. The molecule has 1 saturated heterocycles. The Morgan fingerprint density at radius 1 is 1.19 bits per heavy atom. The number of amides is 1. The average molecular weight is 424 g/mol. The van der Waals surface area contributed by atoms with Crippen LogP contribution in [0, 0.1) is 5.82 Å². The van der Waals surface area contributed by atoms with Gasteiger partial charge in [0.25, 0.3) is 11.7 Å². The van der Waals surface area contributed by atoms with E-state index in [1.165, 1.54) is 17.0 Å². The zero-order valence-corrected chi connectivity index (χ0v) is 17.8. The average Bonchev–Trinajstić information content (AvgIpc) is 3.22. The molecule has 31 heavy (non-hydrogen) atoms. The number of likely N-dealkylation sites (N-methyl/N-ethyl adjacent to an activating group) is 1. The fourth-order valence-corrected chi connectivity index (χ4v) is 4.13. The van der Waals surface area contributed by atoms with Gasteiger partial charge in [0.05, 0.1) is 11.6 Å². The highest BCUT2D eigenvalue weighted by molar-refractivity contribution is 6.46. The maximum atomic E-state index is 13.5. The van der Waals surface area contributed by atoms with Gasteiger partial charge >= 0.3 is 0 Å². The molecule has 6 nitrogen and oxygen atoms in total. The second kappa shape index (κ2) is 8.15. The second-order valence-electron chi connectivity index (χ2n) is 8.30. The number of benzene rings is 2. The quantitative estimate of drug-likeness (QED) is 0.454. The summed E-state index contributed by atoms with van der Waals surface area (Å²) in [5, 5.41) is 11.1. The third-order valence-electron chi connectivity index (χ3n) is 5.68. The summed E-state index contributed by atoms with van der Waals surface area (Å²) in [7, 11) is 3.74. The van der Waals surface area contributed by atoms with Crippen molar-refractivity contribution in [2.75, 3.05) is 27.2 Å². The smallest absolute Gasteiger partial charge is 0.295 e. The van der Waals surface area contributed by atoms with Crippen molar-refractivity contribution in [2.45, 2.75) is 25.5 Å². The molecule has 0 saturated carbocycles. The summed E-state index contributed by atoms with van der Waals surface area (Å²) < 4.78 is 19.2. The minimum atomic E-state index is -0.788. The van der Waals surface area contributed by atoms with E-state index in [9.17, 15) is 19.1 Å². The van der Waals surface area contributed by atoms with Crippen LogP contribution >= 0.6 is 0 Å². The summed E-state index contributed by atoms with van der Waals surface area (Å²) >= 11 is 0. The Morgan fingerprint density at radius 2 is 1.90 bits per heavy atom. The molecule has 2 aromatic rings. The van der Waals surface area contributed by atoms with Gasteiger partial charge in [-0.05, 0) is 62.5 Å². The molecular weight excluding hydrogens is 399 g/mol. The van der Waals surface area contributed by atoms with E-state index in [1.54, 1.807) is 30.3 Å². The summed E-state index contributed by atoms with van der Waals surface area (Å²) in [6.45, 7) is 2.80. The fourth-order valence-electron chi connectivity index (χ4n) is 4.13. The number of hydrogen-bond donors (Lipinski definition) is 1. The summed E-state index contributed by atoms with van der Waals surface area (Å²) in [6.07, 6.45) is 0.748. The van der Waals surface area contributed by atoms with Crippen molar-refractivity contribution < 1.29 is 23.8 Å². The Hall–Kier alpha value is -3.19. The molecule has 2 unspecified atom stereocenters. The molecule has 0 aromatic heterocycles. The molecule has 0 bridgehead atoms. The molecule has 1 amide bonds. The molecular formula is C24H25FN2O4. The third-order valence-corrected chi connectivity index (χ3v) is 5.68. The van der Waals surface area contributed by atoms with Crippen molar-refractivity contribution >= 4 is 17.4 Å². The van der Waals surface area contributed by atoms with E-state index in [2.05, 4.69) is 0 Å². The molecule has 2 aliphatic heterocycles. The summed E-state index contributed by atoms with van der Waals surface area (Å²) in [5.41, 5.74) is 1.98. The Labute approximate surface area is 180 Å². The Morgan fingerprint density at radius 3 is 2.58 bits per heavy atom. The molecule has 4 rings (SSSR count). The lowest BCUT2D eigenvalue weighted by Crippen LogP contribution is -2.35. The van der Waals surface area contributed by atoms with Gasteiger partial charge in [-0.25, -0.2) is 4.39 Å². The van der Waals surface area contributed by atoms with Crippen LogP contribution in [-0.2, 0) is 16.0 Å². The van der Waals surface area contributed by atoms with Gasteiger partial charge < -0.3 is 19.6 Å². The molecule has 2 aliphatic rings. The van der Waals surface area contributed by atoms with Crippen molar-refractivity contribution in [2.24, 2.45) is 0 Å². The maximum Gasteiger partial charge on any atom is 0.295 e. The van der Waals surface area contributed by atoms with E-state index in [1.807, 2.05) is 25.9 Å². The van der Waals surface area contributed by atoms with Crippen LogP contribution < -0.4 is 4.74 Å². The van der Waals surface area contributed by atoms with Crippen LogP contribution in [-0.4, -0.2) is 59.9 Å². The first-order chi connectivity index (χ1) is 14.8. The Bertz CT molecular complexity index is 1060. The van der Waals surface area contributed by atoms with Crippen LogP contribution in [0.5, 0.6) is 5.75 Å². The van der Waals surface area contributed by atoms with Gasteiger partial charge in [-0.1, -0.05) is 12.1 Å². The van der Waals surface area contributed by atoms with Crippen molar-refractivity contribution in [1.82, 2.24) is 9.80 Å². The molecule has 1 fully saturated rings. The SMILES string of the molecule is CC1Cc2cc(/C(O)=C3/C(=O)C(=O)N(CCN(C)C)C3c3ccc(F)cc3)ccc2O1. The molecule has 2 atom stereocenters. The zero-order chi connectivity index (χ0) is 22.3. The van der Waals surface area contributed by atoms with Crippen molar-refractivity contribution in [3.63, 3.8) is 0 Å². The first-order valence-corrected chi connectivity index (χ1v) is 10.2. The zero-order valence-electron chi connectivity index (χ0n) is 17.8. The van der Waals surface area contributed by atoms with Gasteiger partial charge in [-0.15, -0.1) is 0 Å². The van der Waals surface area contributed by atoms with E-state index in [4.69, 9.17) is 4.74 Å². The Kier molecular flexibility index (Phi) is 5.54. The van der Waals surface area contributed by atoms with E-state index in [-0.39, 0.29) is 17.4 Å². The number of ether oxygens (including phenoxy) is 1. The molecule has 2 aromatic carbocycles. The van der Waals surface area contributed by atoms with Gasteiger partial charge in [0.2, 0.25) is 0 Å². The largest absolute Gasteiger partial charge is 0.507 e. The van der Waals surface area contributed by atoms with Crippen LogP contribution in [0.2, 0.25) is 0 Å². The van der Waals surface area contributed by atoms with Crippen LogP contribution in [0.25, 0.3) is 5.76 Å². The minimum absolute atomic E-state index is 0.0160. The van der Waals surface area contributed by atoms with Crippen LogP contribution in [0.3, 0.4) is 0 Å². The highest BCUT2D eigenvalue weighted by Crippen LogP contribution is 2.40. The molecule has 2 heterocycles. The van der Waals surface area contributed by atoms with E-state index in [0.717, 1.165) is 11.3 Å². The number of rotatable bonds is 5. The number of likely N-dealkylation sites (tertiary alicyclic amines) is 1. The number of ketones is 1. The molecule has 0 spiro atoms. The topological polar surface area (TPSA) is 70.1 Å². The number of hydrogen-bond acceptors (Lipinski definition) is 5. The standard InChI is InChI=1S/C24H25FN2O4/c1-14-12-17-13-16(6-9-19(17)31-14)22(28)20-21(15-4-7-18(25)8-5-15)27(11-10-26(2)3)24(30)23(20)29/h4-9,13-14,21,28H,10-12H2,1-3H3/b22-20-. The predicted octanol–water partition coefficient (Wildman–Crippen LogP) is 3.13. The van der Waals surface area contributed by atoms with E-state index >= 15 is 0 Å². The number of fused-ring (bicyclic) bond motifs is 1. The number of halogens is 1. The number of Topliss-reactive ketones (excluding diaryl/α,β-unsaturated/α-hetero) is 1. The maximum absolute atomic E-state index is 13.5. The summed E-state index contributed by atoms with van der Waals surface area (Å²) in [6, 6.07) is 10.1. The molecule has 1 N–H and O–H groups in total. The molecule has 0 aliphatic carbocycles. The van der Waals surface area contributed by atoms with Crippen molar-refractivity contribution in [3.8, 4) is 5.75 Å². The van der Waals surface area contributed by atoms with Gasteiger partial charge in [0.1, 0.15) is 23.4 Å². The highest BCUT2D eigenvalue weighted by Gasteiger charge is 2.46. The first kappa shape index (κ1) is 21.1. The fraction of sp³-hybridized carbons (Fsp3) is 0.333. The minimum Gasteiger partial charge on any atom is -0.507 e. The monoisotopic (exact) mass is 424 g/mol. The lowest BCUT2D eigenvalue weighted by atomic mass is 9.94. The van der Waals surface area contributed by atoms with Crippen LogP contribution in [0.15, 0.2) is 48.0 Å². The van der Waals surface area contributed by atoms with Crippen LogP contribution in [0.1, 0.15) is 29.7 Å². The molecule has 0 radical (unpaired) electrons. The van der Waals surface area contributed by atoms with Gasteiger partial charge in [0, 0.05) is 25.1 Å². The first-order valence-electron chi connectivity index (χ1n) is 10.2. The van der Waals surface area contributed by atoms with Crippen molar-refractivity contribution in [3.05, 3.63) is 70.5 Å².